The van der Waals surface area contributed by atoms with Crippen molar-refractivity contribution in [3.8, 4) is 0 Å². The summed E-state index contributed by atoms with van der Waals surface area (Å²) in [6.07, 6.45) is 0. The largest absolute Gasteiger partial charge is 0.348 e. The van der Waals surface area contributed by atoms with Crippen molar-refractivity contribution in [3.05, 3.63) is 0 Å². The molecule has 0 aromatic heterocycles. The van der Waals surface area contributed by atoms with E-state index in [1.54, 1.807) is 0 Å². The van der Waals surface area contributed by atoms with Crippen LogP contribution in [0.25, 0.3) is 0 Å². The van der Waals surface area contributed by atoms with Gasteiger partial charge in [0.2, 0.25) is 0 Å². The van der Waals surface area contributed by atoms with E-state index in [1.165, 1.54) is 0 Å². The quantitative estimate of drug-likeness (QED) is 0.657. The topological polar surface area (TPSA) is 3.24 Å². The van der Waals surface area contributed by atoms with Crippen LogP contribution in [0.1, 0.15) is 27.7 Å². The summed E-state index contributed by atoms with van der Waals surface area (Å²) in [4.78, 5) is 0. The third-order valence-corrected chi connectivity index (χ3v) is 17.1. The minimum Gasteiger partial charge on any atom is -0.348 e. The molecular formula is C11H29NSi2. The van der Waals surface area contributed by atoms with Crippen molar-refractivity contribution in [2.24, 2.45) is 0 Å². The predicted molar refractivity (Wildman–Crippen MR) is 72.9 cm³/mol. The third kappa shape index (κ3) is 2.70. The van der Waals surface area contributed by atoms with Crippen molar-refractivity contribution in [2.75, 3.05) is 7.05 Å². The Kier molecular flexibility index (Phi) is 4.62. The van der Waals surface area contributed by atoms with Crippen LogP contribution in [0.5, 0.6) is 0 Å². The lowest BCUT2D eigenvalue weighted by Gasteiger charge is -2.48. The van der Waals surface area contributed by atoms with Crippen LogP contribution in [0.15, 0.2) is 0 Å². The monoisotopic (exact) mass is 231 g/mol. The van der Waals surface area contributed by atoms with Crippen LogP contribution in [-0.2, 0) is 0 Å². The molecule has 0 N–H and O–H groups in total. The molecule has 0 aliphatic heterocycles. The summed E-state index contributed by atoms with van der Waals surface area (Å²) in [5, 5.41) is 0. The standard InChI is InChI=1S/C11H29NSi2/c1-10(2)13(6,7)12(5)14(8,9)11(3)4/h10-11H,1-9H3. The Morgan fingerprint density at radius 1 is 0.714 bits per heavy atom. The van der Waals surface area contributed by atoms with Gasteiger partial charge >= 0.3 is 0 Å². The molecule has 0 aliphatic rings. The second kappa shape index (κ2) is 4.50. The smallest absolute Gasteiger partial charge is 0.117 e. The summed E-state index contributed by atoms with van der Waals surface area (Å²) in [6.45, 7) is 19.6. The van der Waals surface area contributed by atoms with E-state index in [0.29, 0.717) is 0 Å². The van der Waals surface area contributed by atoms with Crippen molar-refractivity contribution >= 4 is 16.5 Å². The van der Waals surface area contributed by atoms with Crippen LogP contribution in [0, 0.1) is 0 Å². The zero-order valence-electron chi connectivity index (χ0n) is 11.6. The minimum atomic E-state index is -1.19. The Morgan fingerprint density at radius 3 is 1.07 bits per heavy atom. The molecule has 0 saturated carbocycles. The predicted octanol–water partition coefficient (Wildman–Crippen LogP) is 4.15. The molecule has 14 heavy (non-hydrogen) atoms. The Labute approximate surface area is 93.1 Å². The number of hydrogen-bond acceptors (Lipinski definition) is 1. The lowest BCUT2D eigenvalue weighted by molar-refractivity contribution is 0.685. The Morgan fingerprint density at radius 2 is 0.929 bits per heavy atom. The molecule has 0 fully saturated rings. The van der Waals surface area contributed by atoms with Gasteiger partial charge in [0.05, 0.1) is 0 Å². The van der Waals surface area contributed by atoms with Gasteiger partial charge in [0.1, 0.15) is 16.5 Å². The highest BCUT2D eigenvalue weighted by atomic mass is 28.4. The third-order valence-electron chi connectivity index (χ3n) is 4.55. The molecule has 0 atom stereocenters. The molecule has 0 heterocycles. The second-order valence-electron chi connectivity index (χ2n) is 6.18. The molecule has 0 bridgehead atoms. The van der Waals surface area contributed by atoms with Gasteiger partial charge in [0.25, 0.3) is 0 Å². The van der Waals surface area contributed by atoms with Crippen LogP contribution in [0.3, 0.4) is 0 Å². The molecule has 0 amide bonds. The highest BCUT2D eigenvalue weighted by Gasteiger charge is 2.41. The fourth-order valence-electron chi connectivity index (χ4n) is 1.52. The van der Waals surface area contributed by atoms with Gasteiger partial charge in [-0.15, -0.1) is 0 Å². The van der Waals surface area contributed by atoms with Crippen molar-refractivity contribution in [2.45, 2.75) is 65.0 Å². The fraction of sp³-hybridized carbons (Fsp3) is 1.00. The van der Waals surface area contributed by atoms with Crippen molar-refractivity contribution in [3.63, 3.8) is 0 Å². The number of nitrogens with zero attached hydrogens (tertiary/aromatic N) is 1. The Bertz CT molecular complexity index is 166. The maximum Gasteiger partial charge on any atom is 0.117 e. The lowest BCUT2D eigenvalue weighted by Crippen LogP contribution is -2.62. The fourth-order valence-corrected chi connectivity index (χ4v) is 10.6. The minimum absolute atomic E-state index is 0.845. The van der Waals surface area contributed by atoms with Crippen LogP contribution >= 0.6 is 0 Å². The van der Waals surface area contributed by atoms with Gasteiger partial charge < -0.3 is 4.23 Å². The van der Waals surface area contributed by atoms with E-state index in [0.717, 1.165) is 11.1 Å². The zero-order chi connectivity index (χ0) is 11.7. The van der Waals surface area contributed by atoms with E-state index in [9.17, 15) is 0 Å². The van der Waals surface area contributed by atoms with Gasteiger partial charge in [0, 0.05) is 0 Å². The molecule has 0 spiro atoms. The molecule has 3 heteroatoms. The summed E-state index contributed by atoms with van der Waals surface area (Å²) >= 11 is 0. The highest BCUT2D eigenvalue weighted by molar-refractivity contribution is 6.91. The average Bonchev–Trinajstić information content (AvgIpc) is 2.02. The maximum atomic E-state index is 2.80. The van der Waals surface area contributed by atoms with Gasteiger partial charge in [-0.05, 0) is 18.1 Å². The molecule has 86 valence electrons. The molecule has 0 aromatic rings. The van der Waals surface area contributed by atoms with Crippen LogP contribution < -0.4 is 0 Å². The molecule has 0 rings (SSSR count). The van der Waals surface area contributed by atoms with Crippen molar-refractivity contribution < 1.29 is 0 Å². The van der Waals surface area contributed by atoms with Gasteiger partial charge in [-0.1, -0.05) is 53.9 Å². The normalized spacial score (nSPS) is 14.6. The van der Waals surface area contributed by atoms with E-state index >= 15 is 0 Å². The molecule has 0 aliphatic carbocycles. The summed E-state index contributed by atoms with van der Waals surface area (Å²) in [6, 6.07) is 0. The molecule has 1 nitrogen and oxygen atoms in total. The van der Waals surface area contributed by atoms with E-state index in [1.807, 2.05) is 0 Å². The summed E-state index contributed by atoms with van der Waals surface area (Å²) in [5.74, 6) is 0. The van der Waals surface area contributed by atoms with Gasteiger partial charge in [-0.25, -0.2) is 0 Å². The van der Waals surface area contributed by atoms with Crippen molar-refractivity contribution in [1.82, 2.24) is 4.23 Å². The maximum absolute atomic E-state index is 2.80. The van der Waals surface area contributed by atoms with Crippen molar-refractivity contribution in [1.29, 1.82) is 0 Å². The number of rotatable bonds is 4. The van der Waals surface area contributed by atoms with Crippen LogP contribution in [-0.4, -0.2) is 27.7 Å². The molecular weight excluding hydrogens is 202 g/mol. The Hall–Kier alpha value is 0.394. The molecule has 0 unspecified atom stereocenters. The average molecular weight is 232 g/mol. The molecule has 0 radical (unpaired) electrons. The summed E-state index contributed by atoms with van der Waals surface area (Å²) < 4.78 is 2.80. The molecule has 0 aromatic carbocycles. The van der Waals surface area contributed by atoms with E-state index in [2.05, 4.69) is 65.2 Å². The van der Waals surface area contributed by atoms with E-state index in [-0.39, 0.29) is 0 Å². The summed E-state index contributed by atoms with van der Waals surface area (Å²) in [7, 11) is -0.000941. The first-order valence-corrected chi connectivity index (χ1v) is 11.8. The Balaban J connectivity index is 4.85. The first-order valence-electron chi connectivity index (χ1n) is 5.78. The van der Waals surface area contributed by atoms with Crippen LogP contribution in [0.2, 0.25) is 37.3 Å². The summed E-state index contributed by atoms with van der Waals surface area (Å²) in [5.41, 5.74) is 1.69. The molecule has 0 saturated heterocycles. The SMILES string of the molecule is CC(C)[Si](C)(C)N(C)[Si](C)(C)C(C)C. The lowest BCUT2D eigenvalue weighted by atomic mass is 10.6. The van der Waals surface area contributed by atoms with E-state index < -0.39 is 16.5 Å². The van der Waals surface area contributed by atoms with Gasteiger partial charge in [0.15, 0.2) is 0 Å². The van der Waals surface area contributed by atoms with E-state index in [4.69, 9.17) is 0 Å². The van der Waals surface area contributed by atoms with Gasteiger partial charge in [-0.3, -0.25) is 0 Å². The first-order chi connectivity index (χ1) is 6.04. The van der Waals surface area contributed by atoms with Gasteiger partial charge in [-0.2, -0.15) is 0 Å². The second-order valence-corrected chi connectivity index (χ2v) is 16.9. The first kappa shape index (κ1) is 14.4. The highest BCUT2D eigenvalue weighted by Crippen LogP contribution is 2.32. The van der Waals surface area contributed by atoms with Crippen LogP contribution in [0.4, 0.5) is 0 Å². The number of hydrogen-bond donors (Lipinski definition) is 0. The zero-order valence-corrected chi connectivity index (χ0v) is 13.6.